The number of hydrogen-bond donors (Lipinski definition) is 5. The van der Waals surface area contributed by atoms with E-state index in [9.17, 15) is 28.5 Å². The van der Waals surface area contributed by atoms with Gasteiger partial charge in [0.25, 0.3) is 0 Å². The standard InChI is InChI=1S/C38H45N9O15P2/c1-6-7-13-38(45-46-38)16-25(48)41-14-9-12-24-43-32(39)26-34(44-24)47(19-42-26)35-31-29(59-37(4,5)61-31)23(57-35)18-55-64(52,53)62-63(50,51)54-17-22-28-30(60-36(2,3)58-28)27(56-22)20-10-8-11-21(15-20)33(40)49/h1,8,10-11,15,19,22-23,27-31,35H,7,13-14,16-18H2,2-5H3,(H2,40,49)(H,41,48)(H,50,51)(H,52,53)(H2,39,43,44)/t22-,23+,27+,28?,29?,30?,31?,35+/m1/s1. The number of nitrogens with zero attached hydrogens (tertiary/aromatic N) is 6. The van der Waals surface area contributed by atoms with Gasteiger partial charge >= 0.3 is 15.6 Å². The molecule has 64 heavy (non-hydrogen) atoms. The predicted molar refractivity (Wildman–Crippen MR) is 217 cm³/mol. The van der Waals surface area contributed by atoms with Crippen LogP contribution in [0.4, 0.5) is 5.82 Å². The van der Waals surface area contributed by atoms with Gasteiger partial charge in [-0.3, -0.25) is 23.2 Å². The number of phosphoric ester groups is 2. The molecule has 0 radical (unpaired) electrons. The van der Waals surface area contributed by atoms with Gasteiger partial charge in [0.1, 0.15) is 48.2 Å². The molecule has 10 atom stereocenters. The average molecular weight is 930 g/mol. The van der Waals surface area contributed by atoms with Crippen LogP contribution in [0.2, 0.25) is 0 Å². The van der Waals surface area contributed by atoms with E-state index in [4.69, 9.17) is 55.4 Å². The largest absolute Gasteiger partial charge is 0.481 e. The number of aromatic nitrogens is 4. The monoisotopic (exact) mass is 929 g/mol. The molecule has 4 fully saturated rings. The molecule has 342 valence electrons. The second-order valence-electron chi connectivity index (χ2n) is 16.3. The smallest absolute Gasteiger partial charge is 0.382 e. The van der Waals surface area contributed by atoms with Crippen LogP contribution in [0.25, 0.3) is 11.2 Å². The van der Waals surface area contributed by atoms with Gasteiger partial charge in [-0.05, 0) is 51.3 Å². The van der Waals surface area contributed by atoms with E-state index in [1.54, 1.807) is 39.8 Å². The SMILES string of the molecule is C#CCCC1(CC(=O)NCC#Cc2nc(N)c3ncn([C@H]4O[C@@H](COP(=O)(O)OP(=O)(O)OC[C@H]5O[C@@H](c6cccc(C(N)=O)c6)C6OC(C)(C)OC65)C5OC(C)(C)OC54)c3n2)N=N1. The molecule has 8 rings (SSSR count). The zero-order valence-corrected chi connectivity index (χ0v) is 36.5. The predicted octanol–water partition coefficient (Wildman–Crippen LogP) is 2.27. The third kappa shape index (κ3) is 10.1. The Kier molecular flexibility index (Phi) is 12.3. The van der Waals surface area contributed by atoms with E-state index in [1.807, 2.05) is 0 Å². The zero-order valence-electron chi connectivity index (χ0n) is 34.8. The number of benzene rings is 1. The number of anilines is 1. The molecule has 0 spiro atoms. The fourth-order valence-electron chi connectivity index (χ4n) is 7.85. The summed E-state index contributed by atoms with van der Waals surface area (Å²) >= 11 is 0. The lowest BCUT2D eigenvalue weighted by Gasteiger charge is -2.25. The van der Waals surface area contributed by atoms with Crippen LogP contribution >= 0.6 is 15.6 Å². The number of nitrogens with two attached hydrogens (primary N) is 2. The molecule has 7 heterocycles. The van der Waals surface area contributed by atoms with Gasteiger partial charge in [0.05, 0.1) is 32.5 Å². The van der Waals surface area contributed by atoms with E-state index in [1.165, 1.54) is 23.0 Å². The molecule has 5 aliphatic heterocycles. The third-order valence-electron chi connectivity index (χ3n) is 10.6. The number of imidazole rings is 1. The van der Waals surface area contributed by atoms with Crippen LogP contribution in [0.3, 0.4) is 0 Å². The second-order valence-corrected chi connectivity index (χ2v) is 19.3. The summed E-state index contributed by atoms with van der Waals surface area (Å²) in [5, 5.41) is 10.6. The van der Waals surface area contributed by atoms with Crippen LogP contribution in [-0.4, -0.2) is 115 Å². The summed E-state index contributed by atoms with van der Waals surface area (Å²) in [5.41, 5.74) is 12.1. The minimum atomic E-state index is -5.35. The van der Waals surface area contributed by atoms with Gasteiger partial charge in [-0.15, -0.1) is 12.3 Å². The fraction of sp³-hybridized carbons (Fsp3) is 0.553. The normalized spacial score (nSPS) is 29.8. The van der Waals surface area contributed by atoms with Gasteiger partial charge in [0.15, 0.2) is 29.3 Å². The van der Waals surface area contributed by atoms with Gasteiger partial charge < -0.3 is 55.0 Å². The van der Waals surface area contributed by atoms with Crippen LogP contribution in [0.15, 0.2) is 40.8 Å². The Balaban J connectivity index is 0.898. The van der Waals surface area contributed by atoms with Crippen LogP contribution in [0.1, 0.15) is 81.0 Å². The Morgan fingerprint density at radius 1 is 0.953 bits per heavy atom. The van der Waals surface area contributed by atoms with Crippen molar-refractivity contribution in [2.24, 2.45) is 16.0 Å². The Hall–Kier alpha value is -4.75. The van der Waals surface area contributed by atoms with Gasteiger partial charge in [0, 0.05) is 18.4 Å². The van der Waals surface area contributed by atoms with Crippen molar-refractivity contribution in [3.8, 4) is 24.2 Å². The zero-order chi connectivity index (χ0) is 45.8. The molecule has 6 unspecified atom stereocenters. The maximum absolute atomic E-state index is 13.2. The van der Waals surface area contributed by atoms with E-state index in [0.29, 0.717) is 18.4 Å². The van der Waals surface area contributed by atoms with Crippen molar-refractivity contribution < 1.29 is 70.3 Å². The number of primary amides is 1. The molecule has 0 saturated carbocycles. The molecule has 2 amide bonds. The second kappa shape index (κ2) is 17.2. The molecule has 3 aromatic rings. The van der Waals surface area contributed by atoms with Crippen molar-refractivity contribution in [2.45, 2.75) is 113 Å². The molecular weight excluding hydrogens is 884 g/mol. The number of nitrogen functional groups attached to an aromatic ring is 1. The first kappa shape index (κ1) is 45.8. The fourth-order valence-corrected chi connectivity index (χ4v) is 9.94. The van der Waals surface area contributed by atoms with Gasteiger partial charge in [-0.2, -0.15) is 14.5 Å². The molecule has 1 aromatic carbocycles. The number of carbonyl (C=O) groups excluding carboxylic acids is 2. The maximum Gasteiger partial charge on any atom is 0.481 e. The number of fused-ring (bicyclic) bond motifs is 3. The number of hydrogen-bond acceptors (Lipinski definition) is 19. The van der Waals surface area contributed by atoms with Crippen LogP contribution in [0.5, 0.6) is 0 Å². The van der Waals surface area contributed by atoms with E-state index in [0.717, 1.165) is 0 Å². The summed E-state index contributed by atoms with van der Waals surface area (Å²) in [6.07, 6.45) is 0.410. The van der Waals surface area contributed by atoms with Crippen molar-refractivity contribution in [2.75, 3.05) is 25.5 Å². The summed E-state index contributed by atoms with van der Waals surface area (Å²) in [7, 11) is -10.7. The summed E-state index contributed by atoms with van der Waals surface area (Å²) in [6.45, 7) is 5.30. The van der Waals surface area contributed by atoms with E-state index < -0.39 is 101 Å². The van der Waals surface area contributed by atoms with Crippen LogP contribution in [-0.2, 0) is 55.7 Å². The van der Waals surface area contributed by atoms with Crippen LogP contribution in [0, 0.1) is 24.2 Å². The number of nitrogens with one attached hydrogen (secondary N) is 1. The molecule has 7 N–H and O–H groups in total. The summed E-state index contributed by atoms with van der Waals surface area (Å²) < 4.78 is 79.4. The highest BCUT2D eigenvalue weighted by atomic mass is 31.3. The Bertz CT molecular complexity index is 2570. The lowest BCUT2D eigenvalue weighted by Crippen LogP contribution is -2.33. The number of amides is 2. The molecule has 5 aliphatic rings. The molecule has 26 heteroatoms. The maximum atomic E-state index is 13.2. The van der Waals surface area contributed by atoms with Crippen molar-refractivity contribution in [3.63, 3.8) is 0 Å². The minimum absolute atomic E-state index is 0.000996. The topological polar surface area (TPSA) is 324 Å². The average Bonchev–Trinajstić information content (AvgIpc) is 3.53. The molecular formula is C38H45N9O15P2. The first-order valence-corrected chi connectivity index (χ1v) is 22.9. The van der Waals surface area contributed by atoms with E-state index >= 15 is 0 Å². The number of terminal acetylenes is 1. The molecule has 0 aliphatic carbocycles. The Morgan fingerprint density at radius 3 is 2.25 bits per heavy atom. The number of ether oxygens (including phenoxy) is 6. The number of carbonyl (C=O) groups is 2. The summed E-state index contributed by atoms with van der Waals surface area (Å²) in [6, 6.07) is 6.38. The summed E-state index contributed by atoms with van der Waals surface area (Å²) in [5.74, 6) is 4.89. The van der Waals surface area contributed by atoms with Crippen molar-refractivity contribution in [3.05, 3.63) is 47.5 Å². The highest BCUT2D eigenvalue weighted by molar-refractivity contribution is 7.61. The summed E-state index contributed by atoms with van der Waals surface area (Å²) in [4.78, 5) is 58.5. The molecule has 2 aromatic heterocycles. The highest BCUT2D eigenvalue weighted by Crippen LogP contribution is 2.61. The lowest BCUT2D eigenvalue weighted by molar-refractivity contribution is -0.199. The highest BCUT2D eigenvalue weighted by Gasteiger charge is 2.58. The van der Waals surface area contributed by atoms with Gasteiger partial charge in [0.2, 0.25) is 23.3 Å². The number of phosphoric acid groups is 2. The lowest BCUT2D eigenvalue weighted by atomic mass is 10.00. The van der Waals surface area contributed by atoms with Crippen LogP contribution < -0.4 is 16.8 Å². The number of rotatable bonds is 16. The van der Waals surface area contributed by atoms with Crippen molar-refractivity contribution >= 4 is 44.4 Å². The van der Waals surface area contributed by atoms with Gasteiger partial charge in [-0.1, -0.05) is 18.1 Å². The van der Waals surface area contributed by atoms with Crippen molar-refractivity contribution in [1.29, 1.82) is 0 Å². The van der Waals surface area contributed by atoms with E-state index in [2.05, 4.69) is 52.6 Å². The van der Waals surface area contributed by atoms with E-state index in [-0.39, 0.29) is 47.2 Å². The van der Waals surface area contributed by atoms with Crippen molar-refractivity contribution in [1.82, 2.24) is 24.8 Å². The Morgan fingerprint density at radius 2 is 1.59 bits per heavy atom. The molecule has 0 bridgehead atoms. The quantitative estimate of drug-likeness (QED) is 0.102. The first-order chi connectivity index (χ1) is 30.1. The molecule has 4 saturated heterocycles. The molecule has 24 nitrogen and oxygen atoms in total. The third-order valence-corrected chi connectivity index (χ3v) is 13.2. The van der Waals surface area contributed by atoms with Gasteiger partial charge in [-0.25, -0.2) is 24.1 Å². The minimum Gasteiger partial charge on any atom is -0.382 e. The Labute approximate surface area is 365 Å². The first-order valence-electron chi connectivity index (χ1n) is 19.9.